The van der Waals surface area contributed by atoms with Gasteiger partial charge in [-0.25, -0.2) is 9.78 Å². The van der Waals surface area contributed by atoms with Gasteiger partial charge in [-0.1, -0.05) is 6.07 Å². The first-order valence-electron chi connectivity index (χ1n) is 4.68. The third-order valence-corrected chi connectivity index (χ3v) is 2.35. The molecule has 1 N–H and O–H groups in total. The zero-order valence-electron chi connectivity index (χ0n) is 8.32. The summed E-state index contributed by atoms with van der Waals surface area (Å²) in [5, 5.41) is 2.78. The van der Waals surface area contributed by atoms with Crippen LogP contribution in [0.3, 0.4) is 0 Å². The topological polar surface area (TPSA) is 45.2 Å². The van der Waals surface area contributed by atoms with E-state index in [4.69, 9.17) is 0 Å². The molecular weight excluding hydrogens is 178 g/mol. The van der Waals surface area contributed by atoms with Crippen LogP contribution >= 0.6 is 0 Å². The minimum Gasteiger partial charge on any atom is -0.336 e. The van der Waals surface area contributed by atoms with E-state index in [0.29, 0.717) is 6.54 Å². The highest BCUT2D eigenvalue weighted by molar-refractivity contribution is 5.93. The van der Waals surface area contributed by atoms with Crippen LogP contribution in [0.25, 0.3) is 0 Å². The first-order valence-corrected chi connectivity index (χ1v) is 4.68. The number of hydrogen-bond donors (Lipinski definition) is 1. The molecule has 0 aromatic carbocycles. The maximum Gasteiger partial charge on any atom is 0.323 e. The number of amides is 2. The first-order chi connectivity index (χ1) is 6.68. The van der Waals surface area contributed by atoms with Gasteiger partial charge in [-0.05, 0) is 25.5 Å². The molecule has 2 rings (SSSR count). The normalized spacial score (nSPS) is 21.1. The average molecular weight is 191 g/mol. The van der Waals surface area contributed by atoms with E-state index in [1.165, 1.54) is 0 Å². The van der Waals surface area contributed by atoms with Crippen molar-refractivity contribution in [3.63, 3.8) is 0 Å². The number of carbonyl (C=O) groups excluding carboxylic acids is 1. The van der Waals surface area contributed by atoms with Crippen LogP contribution in [-0.2, 0) is 0 Å². The van der Waals surface area contributed by atoms with Crippen LogP contribution in [0.15, 0.2) is 18.3 Å². The summed E-state index contributed by atoms with van der Waals surface area (Å²) in [6, 6.07) is 3.95. The van der Waals surface area contributed by atoms with E-state index in [0.717, 1.165) is 11.4 Å². The Kier molecular flexibility index (Phi) is 2.11. The SMILES string of the molecule is Cc1ccc(N2C(=O)NC[C@H]2C)nc1. The van der Waals surface area contributed by atoms with Gasteiger partial charge in [-0.2, -0.15) is 0 Å². The molecule has 0 saturated carbocycles. The molecule has 74 valence electrons. The molecule has 0 spiro atoms. The van der Waals surface area contributed by atoms with Crippen LogP contribution < -0.4 is 10.2 Å². The van der Waals surface area contributed by atoms with Gasteiger partial charge in [-0.15, -0.1) is 0 Å². The zero-order valence-corrected chi connectivity index (χ0v) is 8.32. The van der Waals surface area contributed by atoms with Crippen molar-refractivity contribution in [2.75, 3.05) is 11.4 Å². The number of hydrogen-bond acceptors (Lipinski definition) is 2. The maximum atomic E-state index is 11.4. The van der Waals surface area contributed by atoms with Crippen molar-refractivity contribution >= 4 is 11.8 Å². The van der Waals surface area contributed by atoms with Gasteiger partial charge in [0.25, 0.3) is 0 Å². The number of rotatable bonds is 1. The van der Waals surface area contributed by atoms with Crippen molar-refractivity contribution in [2.45, 2.75) is 19.9 Å². The van der Waals surface area contributed by atoms with E-state index >= 15 is 0 Å². The van der Waals surface area contributed by atoms with Crippen molar-refractivity contribution in [2.24, 2.45) is 0 Å². The molecule has 14 heavy (non-hydrogen) atoms. The summed E-state index contributed by atoms with van der Waals surface area (Å²) in [5.41, 5.74) is 1.10. The quantitative estimate of drug-likeness (QED) is 0.727. The Balaban J connectivity index is 2.30. The lowest BCUT2D eigenvalue weighted by atomic mass is 10.3. The summed E-state index contributed by atoms with van der Waals surface area (Å²) < 4.78 is 0. The third kappa shape index (κ3) is 1.43. The van der Waals surface area contributed by atoms with Gasteiger partial charge in [0.05, 0.1) is 6.04 Å². The summed E-state index contributed by atoms with van der Waals surface area (Å²) in [6.07, 6.45) is 1.77. The second kappa shape index (κ2) is 3.29. The minimum absolute atomic E-state index is 0.0612. The highest BCUT2D eigenvalue weighted by atomic mass is 16.2. The second-order valence-corrected chi connectivity index (χ2v) is 3.60. The van der Waals surface area contributed by atoms with Crippen LogP contribution in [0, 0.1) is 6.92 Å². The van der Waals surface area contributed by atoms with Crippen molar-refractivity contribution in [3.8, 4) is 0 Å². The van der Waals surface area contributed by atoms with Crippen LogP contribution in [0.1, 0.15) is 12.5 Å². The Morgan fingerprint density at radius 3 is 2.86 bits per heavy atom. The van der Waals surface area contributed by atoms with Gasteiger partial charge < -0.3 is 5.32 Å². The molecule has 1 aromatic heterocycles. The Labute approximate surface area is 82.9 Å². The summed E-state index contributed by atoms with van der Waals surface area (Å²) >= 11 is 0. The molecule has 1 fully saturated rings. The zero-order chi connectivity index (χ0) is 10.1. The van der Waals surface area contributed by atoms with E-state index in [1.807, 2.05) is 26.0 Å². The predicted octanol–water partition coefficient (Wildman–Crippen LogP) is 1.31. The van der Waals surface area contributed by atoms with E-state index in [9.17, 15) is 4.79 Å². The molecular formula is C10H13N3O. The Morgan fingerprint density at radius 2 is 2.36 bits per heavy atom. The smallest absolute Gasteiger partial charge is 0.323 e. The predicted molar refractivity (Wildman–Crippen MR) is 54.3 cm³/mol. The van der Waals surface area contributed by atoms with Gasteiger partial charge in [0.2, 0.25) is 0 Å². The molecule has 1 atom stereocenters. The molecule has 1 aromatic rings. The van der Waals surface area contributed by atoms with Crippen LogP contribution in [0.5, 0.6) is 0 Å². The number of aryl methyl sites for hydroxylation is 1. The fourth-order valence-electron chi connectivity index (χ4n) is 1.54. The molecule has 0 radical (unpaired) electrons. The Hall–Kier alpha value is -1.58. The minimum atomic E-state index is -0.0612. The molecule has 4 nitrogen and oxygen atoms in total. The van der Waals surface area contributed by atoms with Gasteiger partial charge in [-0.3, -0.25) is 4.90 Å². The molecule has 1 aliphatic rings. The van der Waals surface area contributed by atoms with Crippen molar-refractivity contribution < 1.29 is 4.79 Å². The van der Waals surface area contributed by atoms with Gasteiger partial charge in [0.1, 0.15) is 5.82 Å². The Bertz CT molecular complexity index is 347. The molecule has 2 heterocycles. The average Bonchev–Trinajstić information content (AvgIpc) is 2.49. The first kappa shape index (κ1) is 8.99. The van der Waals surface area contributed by atoms with Gasteiger partial charge in [0, 0.05) is 12.7 Å². The molecule has 2 amide bonds. The molecule has 1 aliphatic heterocycles. The summed E-state index contributed by atoms with van der Waals surface area (Å²) in [7, 11) is 0. The standard InChI is InChI=1S/C10H13N3O/c1-7-3-4-9(11-5-7)13-8(2)6-12-10(13)14/h3-5,8H,6H2,1-2H3,(H,12,14)/t8-/m1/s1. The number of aromatic nitrogens is 1. The van der Waals surface area contributed by atoms with Crippen LogP contribution in [0.2, 0.25) is 0 Å². The van der Waals surface area contributed by atoms with Crippen molar-refractivity contribution in [1.29, 1.82) is 0 Å². The number of urea groups is 1. The molecule has 0 unspecified atom stereocenters. The van der Waals surface area contributed by atoms with Gasteiger partial charge >= 0.3 is 6.03 Å². The fraction of sp³-hybridized carbons (Fsp3) is 0.400. The number of pyridine rings is 1. The largest absolute Gasteiger partial charge is 0.336 e. The molecule has 1 saturated heterocycles. The van der Waals surface area contributed by atoms with Crippen molar-refractivity contribution in [3.05, 3.63) is 23.9 Å². The van der Waals surface area contributed by atoms with E-state index in [-0.39, 0.29) is 12.1 Å². The molecule has 0 aliphatic carbocycles. The van der Waals surface area contributed by atoms with Crippen LogP contribution in [0.4, 0.5) is 10.6 Å². The highest BCUT2D eigenvalue weighted by Gasteiger charge is 2.28. The van der Waals surface area contributed by atoms with E-state index in [2.05, 4.69) is 10.3 Å². The van der Waals surface area contributed by atoms with Crippen LogP contribution in [-0.4, -0.2) is 23.6 Å². The number of anilines is 1. The lowest BCUT2D eigenvalue weighted by molar-refractivity contribution is 0.251. The third-order valence-electron chi connectivity index (χ3n) is 2.35. The number of carbonyl (C=O) groups is 1. The Morgan fingerprint density at radius 1 is 1.57 bits per heavy atom. The monoisotopic (exact) mass is 191 g/mol. The fourth-order valence-corrected chi connectivity index (χ4v) is 1.54. The van der Waals surface area contributed by atoms with E-state index in [1.54, 1.807) is 11.1 Å². The number of nitrogens with zero attached hydrogens (tertiary/aromatic N) is 2. The highest BCUT2D eigenvalue weighted by Crippen LogP contribution is 2.17. The van der Waals surface area contributed by atoms with Crippen molar-refractivity contribution in [1.82, 2.24) is 10.3 Å². The number of nitrogens with one attached hydrogen (secondary N) is 1. The lowest BCUT2D eigenvalue weighted by Gasteiger charge is -2.18. The maximum absolute atomic E-state index is 11.4. The summed E-state index contributed by atoms with van der Waals surface area (Å²) in [5.74, 6) is 0.720. The second-order valence-electron chi connectivity index (χ2n) is 3.60. The van der Waals surface area contributed by atoms with E-state index < -0.39 is 0 Å². The molecule has 0 bridgehead atoms. The summed E-state index contributed by atoms with van der Waals surface area (Å²) in [4.78, 5) is 17.4. The summed E-state index contributed by atoms with van der Waals surface area (Å²) in [6.45, 7) is 4.66. The lowest BCUT2D eigenvalue weighted by Crippen LogP contribution is -2.32. The van der Waals surface area contributed by atoms with Gasteiger partial charge in [0.15, 0.2) is 0 Å². The molecule has 4 heteroatoms.